The molecule has 1 aromatic carbocycles. The maximum Gasteiger partial charge on any atom is 0.270 e. The van der Waals surface area contributed by atoms with Crippen LogP contribution in [-0.4, -0.2) is 11.5 Å². The first kappa shape index (κ1) is 12.5. The van der Waals surface area contributed by atoms with Crippen LogP contribution in [0.4, 0.5) is 5.69 Å². The first-order chi connectivity index (χ1) is 8.06. The molecule has 92 valence electrons. The van der Waals surface area contributed by atoms with E-state index >= 15 is 0 Å². The second-order valence-corrected chi connectivity index (χ2v) is 5.59. The minimum absolute atomic E-state index is 0.135. The van der Waals surface area contributed by atoms with Crippen molar-refractivity contribution < 1.29 is 4.92 Å². The van der Waals surface area contributed by atoms with Crippen LogP contribution in [-0.2, 0) is 6.54 Å². The van der Waals surface area contributed by atoms with Gasteiger partial charge >= 0.3 is 0 Å². The van der Waals surface area contributed by atoms with E-state index in [1.807, 2.05) is 6.07 Å². The number of nitrogens with one attached hydrogen (secondary N) is 1. The number of nitrogens with zero attached hydrogens (tertiary/aromatic N) is 1. The molecule has 0 aromatic heterocycles. The molecule has 2 rings (SSSR count). The molecule has 17 heavy (non-hydrogen) atoms. The van der Waals surface area contributed by atoms with Crippen LogP contribution in [0.25, 0.3) is 0 Å². The molecule has 4 nitrogen and oxygen atoms in total. The number of nitro benzene ring substituents is 1. The Kier molecular flexibility index (Phi) is 3.79. The van der Waals surface area contributed by atoms with Crippen molar-refractivity contribution in [1.29, 1.82) is 0 Å². The molecule has 0 amide bonds. The van der Waals surface area contributed by atoms with E-state index in [4.69, 9.17) is 0 Å². The lowest BCUT2D eigenvalue weighted by molar-refractivity contribution is -0.385. The first-order valence-electron chi connectivity index (χ1n) is 5.71. The molecule has 1 N–H and O–H groups in total. The van der Waals surface area contributed by atoms with Crippen LogP contribution in [0, 0.1) is 22.0 Å². The van der Waals surface area contributed by atoms with Crippen molar-refractivity contribution in [3.63, 3.8) is 0 Å². The van der Waals surface area contributed by atoms with Crippen molar-refractivity contribution >= 4 is 21.6 Å². The summed E-state index contributed by atoms with van der Waals surface area (Å²) in [5.41, 5.74) is 1.08. The lowest BCUT2D eigenvalue weighted by atomic mass is 10.2. The van der Waals surface area contributed by atoms with Gasteiger partial charge in [0, 0.05) is 23.2 Å². The van der Waals surface area contributed by atoms with Gasteiger partial charge in [0.05, 0.1) is 4.92 Å². The number of nitro groups is 1. The lowest BCUT2D eigenvalue weighted by Gasteiger charge is -2.05. The fraction of sp³-hybridized carbons (Fsp3) is 0.500. The third kappa shape index (κ3) is 3.51. The fourth-order valence-electron chi connectivity index (χ4n) is 1.93. The van der Waals surface area contributed by atoms with Gasteiger partial charge in [-0.05, 0) is 36.4 Å². The molecule has 0 spiro atoms. The van der Waals surface area contributed by atoms with Crippen molar-refractivity contribution in [3.8, 4) is 0 Å². The molecule has 2 atom stereocenters. The molecule has 0 radical (unpaired) electrons. The summed E-state index contributed by atoms with van der Waals surface area (Å²) >= 11 is 3.29. The zero-order valence-electron chi connectivity index (χ0n) is 9.65. The highest BCUT2D eigenvalue weighted by molar-refractivity contribution is 9.10. The van der Waals surface area contributed by atoms with Crippen molar-refractivity contribution in [3.05, 3.63) is 38.3 Å². The number of hydrogen-bond acceptors (Lipinski definition) is 3. The number of rotatable bonds is 5. The largest absolute Gasteiger partial charge is 0.312 e. The average molecular weight is 299 g/mol. The first-order valence-corrected chi connectivity index (χ1v) is 6.50. The average Bonchev–Trinajstić information content (AvgIpc) is 2.93. The van der Waals surface area contributed by atoms with Crippen LogP contribution in [0.3, 0.4) is 0 Å². The Balaban J connectivity index is 1.92. The van der Waals surface area contributed by atoms with Crippen LogP contribution in [0.2, 0.25) is 0 Å². The summed E-state index contributed by atoms with van der Waals surface area (Å²) in [6, 6.07) is 5.05. The van der Waals surface area contributed by atoms with Gasteiger partial charge in [0.15, 0.2) is 0 Å². The summed E-state index contributed by atoms with van der Waals surface area (Å²) in [4.78, 5) is 10.3. The summed E-state index contributed by atoms with van der Waals surface area (Å²) in [6.45, 7) is 3.93. The molecule has 2 unspecified atom stereocenters. The summed E-state index contributed by atoms with van der Waals surface area (Å²) < 4.78 is 0.753. The maximum atomic E-state index is 10.7. The molecule has 0 heterocycles. The van der Waals surface area contributed by atoms with Crippen LogP contribution < -0.4 is 5.32 Å². The molecular formula is C12H15BrN2O2. The summed E-state index contributed by atoms with van der Waals surface area (Å²) in [5, 5.41) is 14.0. The molecule has 0 bridgehead atoms. The Morgan fingerprint density at radius 3 is 2.82 bits per heavy atom. The van der Waals surface area contributed by atoms with Crippen molar-refractivity contribution in [1.82, 2.24) is 5.32 Å². The van der Waals surface area contributed by atoms with Gasteiger partial charge in [-0.1, -0.05) is 22.9 Å². The number of halogens is 1. The molecule has 1 saturated carbocycles. The number of hydrogen-bond donors (Lipinski definition) is 1. The van der Waals surface area contributed by atoms with E-state index in [0.717, 1.165) is 28.4 Å². The van der Waals surface area contributed by atoms with Crippen LogP contribution >= 0.6 is 15.9 Å². The van der Waals surface area contributed by atoms with Crippen molar-refractivity contribution in [2.24, 2.45) is 11.8 Å². The highest BCUT2D eigenvalue weighted by Crippen LogP contribution is 2.36. The van der Waals surface area contributed by atoms with Gasteiger partial charge in [-0.15, -0.1) is 0 Å². The molecule has 1 aliphatic rings. The van der Waals surface area contributed by atoms with Gasteiger partial charge in [-0.3, -0.25) is 10.1 Å². The SMILES string of the molecule is CC1CC1CNCc1cc(Br)cc([N+](=O)[O-])c1. The van der Waals surface area contributed by atoms with E-state index < -0.39 is 0 Å². The Morgan fingerprint density at radius 2 is 2.24 bits per heavy atom. The smallest absolute Gasteiger partial charge is 0.270 e. The highest BCUT2D eigenvalue weighted by Gasteiger charge is 2.31. The molecule has 5 heteroatoms. The van der Waals surface area contributed by atoms with Crippen LogP contribution in [0.5, 0.6) is 0 Å². The third-order valence-corrected chi connectivity index (χ3v) is 3.62. The quantitative estimate of drug-likeness (QED) is 0.671. The molecule has 0 saturated heterocycles. The van der Waals surface area contributed by atoms with Crippen molar-refractivity contribution in [2.45, 2.75) is 19.9 Å². The van der Waals surface area contributed by atoms with Gasteiger partial charge in [0.1, 0.15) is 0 Å². The fourth-order valence-corrected chi connectivity index (χ4v) is 2.45. The Bertz CT molecular complexity index is 437. The number of benzene rings is 1. The van der Waals surface area contributed by atoms with E-state index in [2.05, 4.69) is 28.2 Å². The monoisotopic (exact) mass is 298 g/mol. The second-order valence-electron chi connectivity index (χ2n) is 4.68. The Morgan fingerprint density at radius 1 is 1.53 bits per heavy atom. The Labute approximate surface area is 109 Å². The van der Waals surface area contributed by atoms with E-state index in [1.54, 1.807) is 6.07 Å². The number of non-ortho nitro benzene ring substituents is 1. The topological polar surface area (TPSA) is 55.2 Å². The predicted molar refractivity (Wildman–Crippen MR) is 69.8 cm³/mol. The summed E-state index contributed by atoms with van der Waals surface area (Å²) in [5.74, 6) is 1.62. The molecular weight excluding hydrogens is 284 g/mol. The summed E-state index contributed by atoms with van der Waals surface area (Å²) in [6.07, 6.45) is 1.30. The van der Waals surface area contributed by atoms with E-state index in [9.17, 15) is 10.1 Å². The van der Waals surface area contributed by atoms with Crippen molar-refractivity contribution in [2.75, 3.05) is 6.54 Å². The minimum atomic E-state index is -0.364. The normalized spacial score (nSPS) is 22.5. The highest BCUT2D eigenvalue weighted by atomic mass is 79.9. The Hall–Kier alpha value is -0.940. The van der Waals surface area contributed by atoms with E-state index in [1.165, 1.54) is 12.5 Å². The second kappa shape index (κ2) is 5.14. The summed E-state index contributed by atoms with van der Waals surface area (Å²) in [7, 11) is 0. The van der Waals surface area contributed by atoms with Gasteiger partial charge in [-0.2, -0.15) is 0 Å². The maximum absolute atomic E-state index is 10.7. The molecule has 1 aromatic rings. The molecule has 1 fully saturated rings. The van der Waals surface area contributed by atoms with E-state index in [-0.39, 0.29) is 10.6 Å². The zero-order valence-corrected chi connectivity index (χ0v) is 11.2. The van der Waals surface area contributed by atoms with Gasteiger partial charge in [-0.25, -0.2) is 0 Å². The van der Waals surface area contributed by atoms with Crippen LogP contribution in [0.1, 0.15) is 18.9 Å². The van der Waals surface area contributed by atoms with E-state index in [0.29, 0.717) is 6.54 Å². The van der Waals surface area contributed by atoms with Crippen LogP contribution in [0.15, 0.2) is 22.7 Å². The standard InChI is InChI=1S/C12H15BrN2O2/c1-8-2-10(8)7-14-6-9-3-11(13)5-12(4-9)15(16)17/h3-5,8,10,14H,2,6-7H2,1H3. The van der Waals surface area contributed by atoms with Gasteiger partial charge < -0.3 is 5.32 Å². The van der Waals surface area contributed by atoms with Gasteiger partial charge in [0.2, 0.25) is 0 Å². The minimum Gasteiger partial charge on any atom is -0.312 e. The lowest BCUT2D eigenvalue weighted by Crippen LogP contribution is -2.16. The zero-order chi connectivity index (χ0) is 12.4. The third-order valence-electron chi connectivity index (χ3n) is 3.16. The predicted octanol–water partition coefficient (Wildman–Crippen LogP) is 3.10. The van der Waals surface area contributed by atoms with Gasteiger partial charge in [0.25, 0.3) is 5.69 Å². The molecule has 0 aliphatic heterocycles. The molecule has 1 aliphatic carbocycles.